The van der Waals surface area contributed by atoms with Crippen LogP contribution in [0.25, 0.3) is 0 Å². The van der Waals surface area contributed by atoms with Crippen LogP contribution in [0.15, 0.2) is 30.7 Å². The molecule has 18 heavy (non-hydrogen) atoms. The van der Waals surface area contributed by atoms with E-state index in [0.717, 1.165) is 5.69 Å². The topological polar surface area (TPSA) is 83.8 Å². The van der Waals surface area contributed by atoms with Gasteiger partial charge in [0.15, 0.2) is 0 Å². The van der Waals surface area contributed by atoms with Gasteiger partial charge in [0, 0.05) is 30.5 Å². The van der Waals surface area contributed by atoms with Crippen molar-refractivity contribution in [3.8, 4) is 0 Å². The Morgan fingerprint density at radius 1 is 1.50 bits per heavy atom. The molecule has 0 unspecified atom stereocenters. The van der Waals surface area contributed by atoms with E-state index in [1.807, 2.05) is 0 Å². The smallest absolute Gasteiger partial charge is 0.252 e. The van der Waals surface area contributed by atoms with E-state index in [1.165, 1.54) is 0 Å². The molecule has 2 rings (SSSR count). The molecule has 1 aromatic heterocycles. The minimum absolute atomic E-state index is 0.209. The van der Waals surface area contributed by atoms with Gasteiger partial charge in [-0.15, -0.1) is 0 Å². The molecule has 1 aromatic carbocycles. The molecule has 1 amide bonds. The lowest BCUT2D eigenvalue weighted by molar-refractivity contribution is 0.0954. The fraction of sp³-hybridized carbons (Fsp3) is 0.167. The predicted molar refractivity (Wildman–Crippen MR) is 70.5 cm³/mol. The van der Waals surface area contributed by atoms with Crippen molar-refractivity contribution in [3.05, 3.63) is 47.0 Å². The number of nitrogens with two attached hydrogens (primary N) is 1. The highest BCUT2D eigenvalue weighted by Gasteiger charge is 2.09. The van der Waals surface area contributed by atoms with Gasteiger partial charge >= 0.3 is 0 Å². The van der Waals surface area contributed by atoms with E-state index in [1.54, 1.807) is 30.7 Å². The molecule has 0 spiro atoms. The van der Waals surface area contributed by atoms with E-state index < -0.39 is 0 Å². The number of rotatable bonds is 4. The van der Waals surface area contributed by atoms with Gasteiger partial charge in [-0.25, -0.2) is 4.98 Å². The molecule has 94 valence electrons. The standard InChI is InChI=1S/C12H13ClN4O/c13-11-5-8(14)1-2-10(11)12(18)16-4-3-9-6-15-7-17-9/h1-2,5-7H,3-4,14H2,(H,15,17)(H,16,18). The lowest BCUT2D eigenvalue weighted by Gasteiger charge is -2.06. The molecule has 1 heterocycles. The van der Waals surface area contributed by atoms with Gasteiger partial charge in [-0.3, -0.25) is 4.79 Å². The van der Waals surface area contributed by atoms with Crippen molar-refractivity contribution in [2.24, 2.45) is 0 Å². The molecule has 0 bridgehead atoms. The maximum absolute atomic E-state index is 11.8. The summed E-state index contributed by atoms with van der Waals surface area (Å²) in [6.45, 7) is 0.516. The minimum Gasteiger partial charge on any atom is -0.399 e. The Bertz CT molecular complexity index is 539. The Kier molecular flexibility index (Phi) is 3.84. The molecule has 4 N–H and O–H groups in total. The molecular weight excluding hydrogens is 252 g/mol. The second-order valence-electron chi connectivity index (χ2n) is 3.82. The zero-order valence-electron chi connectivity index (χ0n) is 9.61. The number of H-pyrrole nitrogens is 1. The van der Waals surface area contributed by atoms with E-state index in [2.05, 4.69) is 15.3 Å². The first-order chi connectivity index (χ1) is 8.66. The normalized spacial score (nSPS) is 10.3. The van der Waals surface area contributed by atoms with Crippen LogP contribution in [0.4, 0.5) is 5.69 Å². The summed E-state index contributed by atoms with van der Waals surface area (Å²) in [6, 6.07) is 4.82. The highest BCUT2D eigenvalue weighted by molar-refractivity contribution is 6.34. The summed E-state index contributed by atoms with van der Waals surface area (Å²) in [5.41, 5.74) is 7.50. The van der Waals surface area contributed by atoms with Crippen molar-refractivity contribution < 1.29 is 4.79 Å². The number of aromatic amines is 1. The molecule has 0 aliphatic rings. The van der Waals surface area contributed by atoms with E-state index in [0.29, 0.717) is 29.2 Å². The molecule has 0 saturated carbocycles. The molecule has 0 aliphatic carbocycles. The lowest BCUT2D eigenvalue weighted by atomic mass is 10.2. The number of aromatic nitrogens is 2. The van der Waals surface area contributed by atoms with Crippen molar-refractivity contribution in [1.82, 2.24) is 15.3 Å². The second kappa shape index (κ2) is 5.55. The van der Waals surface area contributed by atoms with Gasteiger partial charge in [0.2, 0.25) is 0 Å². The van der Waals surface area contributed by atoms with Crippen LogP contribution in [-0.2, 0) is 6.42 Å². The third-order valence-corrected chi connectivity index (χ3v) is 2.79. The van der Waals surface area contributed by atoms with Gasteiger partial charge in [-0.2, -0.15) is 0 Å². The lowest BCUT2D eigenvalue weighted by Crippen LogP contribution is -2.26. The number of imidazole rings is 1. The van der Waals surface area contributed by atoms with E-state index >= 15 is 0 Å². The third kappa shape index (κ3) is 3.01. The number of nitrogen functional groups attached to an aromatic ring is 1. The molecule has 0 saturated heterocycles. The van der Waals surface area contributed by atoms with Crippen molar-refractivity contribution in [1.29, 1.82) is 0 Å². The number of nitrogens with one attached hydrogen (secondary N) is 2. The van der Waals surface area contributed by atoms with Crippen molar-refractivity contribution in [3.63, 3.8) is 0 Å². The maximum Gasteiger partial charge on any atom is 0.252 e. The highest BCUT2D eigenvalue weighted by atomic mass is 35.5. The Morgan fingerprint density at radius 3 is 3.00 bits per heavy atom. The van der Waals surface area contributed by atoms with Crippen LogP contribution in [0.5, 0.6) is 0 Å². The van der Waals surface area contributed by atoms with Crippen LogP contribution in [-0.4, -0.2) is 22.4 Å². The zero-order chi connectivity index (χ0) is 13.0. The monoisotopic (exact) mass is 264 g/mol. The fourth-order valence-electron chi connectivity index (χ4n) is 1.54. The molecule has 0 atom stereocenters. The number of halogens is 1. The van der Waals surface area contributed by atoms with E-state index in [9.17, 15) is 4.79 Å². The van der Waals surface area contributed by atoms with E-state index in [4.69, 9.17) is 17.3 Å². The van der Waals surface area contributed by atoms with Crippen molar-refractivity contribution >= 4 is 23.2 Å². The fourth-order valence-corrected chi connectivity index (χ4v) is 1.82. The summed E-state index contributed by atoms with van der Waals surface area (Å²) < 4.78 is 0. The van der Waals surface area contributed by atoms with Crippen molar-refractivity contribution in [2.75, 3.05) is 12.3 Å². The van der Waals surface area contributed by atoms with Gasteiger partial charge in [-0.1, -0.05) is 11.6 Å². The van der Waals surface area contributed by atoms with E-state index in [-0.39, 0.29) is 5.91 Å². The zero-order valence-corrected chi connectivity index (χ0v) is 10.4. The first-order valence-corrected chi connectivity index (χ1v) is 5.85. The van der Waals surface area contributed by atoms with Crippen LogP contribution in [0.1, 0.15) is 16.1 Å². The summed E-state index contributed by atoms with van der Waals surface area (Å²) in [6.07, 6.45) is 4.02. The Morgan fingerprint density at radius 2 is 2.33 bits per heavy atom. The SMILES string of the molecule is Nc1ccc(C(=O)NCCc2cnc[nH]2)c(Cl)c1. The first-order valence-electron chi connectivity index (χ1n) is 5.47. The summed E-state index contributed by atoms with van der Waals surface area (Å²) in [5.74, 6) is -0.209. The first kappa shape index (κ1) is 12.4. The quantitative estimate of drug-likeness (QED) is 0.734. The largest absolute Gasteiger partial charge is 0.399 e. The highest BCUT2D eigenvalue weighted by Crippen LogP contribution is 2.18. The number of benzene rings is 1. The number of hydrogen-bond donors (Lipinski definition) is 3. The van der Waals surface area contributed by atoms with Crippen LogP contribution in [0.2, 0.25) is 5.02 Å². The third-order valence-electron chi connectivity index (χ3n) is 2.47. The molecule has 5 nitrogen and oxygen atoms in total. The molecule has 0 fully saturated rings. The van der Waals surface area contributed by atoms with Crippen molar-refractivity contribution in [2.45, 2.75) is 6.42 Å². The maximum atomic E-state index is 11.8. The minimum atomic E-state index is -0.209. The van der Waals surface area contributed by atoms with Gasteiger partial charge < -0.3 is 16.0 Å². The number of nitrogens with zero attached hydrogens (tertiary/aromatic N) is 1. The van der Waals surface area contributed by atoms with Gasteiger partial charge in [0.05, 0.1) is 16.9 Å². The summed E-state index contributed by atoms with van der Waals surface area (Å²) in [7, 11) is 0. The average Bonchev–Trinajstić information content (AvgIpc) is 2.81. The number of hydrogen-bond acceptors (Lipinski definition) is 3. The average molecular weight is 265 g/mol. The van der Waals surface area contributed by atoms with Crippen LogP contribution < -0.4 is 11.1 Å². The van der Waals surface area contributed by atoms with Gasteiger partial charge in [0.1, 0.15) is 0 Å². The Hall–Kier alpha value is -2.01. The molecule has 2 aromatic rings. The number of anilines is 1. The van der Waals surface area contributed by atoms with Crippen LogP contribution in [0.3, 0.4) is 0 Å². The van der Waals surface area contributed by atoms with Gasteiger partial charge in [0.25, 0.3) is 5.91 Å². The summed E-state index contributed by atoms with van der Waals surface area (Å²) in [4.78, 5) is 18.7. The van der Waals surface area contributed by atoms with Gasteiger partial charge in [-0.05, 0) is 18.2 Å². The Balaban J connectivity index is 1.91. The molecular formula is C12H13ClN4O. The number of amides is 1. The summed E-state index contributed by atoms with van der Waals surface area (Å²) in [5, 5.41) is 3.14. The summed E-state index contributed by atoms with van der Waals surface area (Å²) >= 11 is 5.95. The number of carbonyl (C=O) groups is 1. The van der Waals surface area contributed by atoms with Crippen LogP contribution >= 0.6 is 11.6 Å². The van der Waals surface area contributed by atoms with Crippen LogP contribution in [0, 0.1) is 0 Å². The molecule has 0 radical (unpaired) electrons. The molecule has 6 heteroatoms. The molecule has 0 aliphatic heterocycles. The second-order valence-corrected chi connectivity index (χ2v) is 4.23. The number of carbonyl (C=O) groups excluding carboxylic acids is 1. The Labute approximate surface area is 109 Å². The predicted octanol–water partition coefficient (Wildman–Crippen LogP) is 1.62.